The average Bonchev–Trinajstić information content (AvgIpc) is 2.67. The van der Waals surface area contributed by atoms with Gasteiger partial charge in [0, 0.05) is 5.57 Å². The lowest BCUT2D eigenvalue weighted by atomic mass is 10.2. The van der Waals surface area contributed by atoms with Crippen molar-refractivity contribution in [1.29, 1.82) is 0 Å². The lowest BCUT2D eigenvalue weighted by Gasteiger charge is -2.10. The van der Waals surface area contributed by atoms with E-state index in [1.54, 1.807) is 6.26 Å². The Morgan fingerprint density at radius 2 is 1.46 bits per heavy atom. The van der Waals surface area contributed by atoms with Gasteiger partial charge in [0.15, 0.2) is 0 Å². The SMILES string of the molecule is C/C(=C\Oc1cccc(C)c1)C(=Nc1ccccc1)Oc1ccccc1. The Balaban J connectivity index is 1.86. The van der Waals surface area contributed by atoms with Crippen LogP contribution in [0.1, 0.15) is 12.5 Å². The number of nitrogens with zero attached hydrogens (tertiary/aromatic N) is 1. The summed E-state index contributed by atoms with van der Waals surface area (Å²) in [6.07, 6.45) is 1.67. The summed E-state index contributed by atoms with van der Waals surface area (Å²) < 4.78 is 11.8. The van der Waals surface area contributed by atoms with Gasteiger partial charge in [-0.3, -0.25) is 0 Å². The topological polar surface area (TPSA) is 30.8 Å². The fourth-order valence-corrected chi connectivity index (χ4v) is 2.31. The minimum Gasteiger partial charge on any atom is -0.465 e. The molecule has 26 heavy (non-hydrogen) atoms. The molecule has 0 N–H and O–H groups in total. The fraction of sp³-hybridized carbons (Fsp3) is 0.0870. The Labute approximate surface area is 154 Å². The lowest BCUT2D eigenvalue weighted by Crippen LogP contribution is -2.10. The zero-order valence-electron chi connectivity index (χ0n) is 14.9. The van der Waals surface area contributed by atoms with Crippen LogP contribution in [0, 0.1) is 6.92 Å². The summed E-state index contributed by atoms with van der Waals surface area (Å²) in [7, 11) is 0. The van der Waals surface area contributed by atoms with Crippen molar-refractivity contribution in [2.24, 2.45) is 4.99 Å². The van der Waals surface area contributed by atoms with Gasteiger partial charge in [0.05, 0.1) is 11.9 Å². The zero-order valence-corrected chi connectivity index (χ0v) is 14.9. The highest BCUT2D eigenvalue weighted by atomic mass is 16.5. The first-order chi connectivity index (χ1) is 12.7. The van der Waals surface area contributed by atoms with E-state index in [1.807, 2.05) is 98.8 Å². The van der Waals surface area contributed by atoms with Crippen LogP contribution in [0.15, 0.2) is 102 Å². The van der Waals surface area contributed by atoms with E-state index >= 15 is 0 Å². The van der Waals surface area contributed by atoms with Gasteiger partial charge in [-0.1, -0.05) is 48.5 Å². The van der Waals surface area contributed by atoms with E-state index in [-0.39, 0.29) is 0 Å². The number of para-hydroxylation sites is 2. The van der Waals surface area contributed by atoms with Crippen LogP contribution in [0.2, 0.25) is 0 Å². The molecule has 0 atom stereocenters. The van der Waals surface area contributed by atoms with Crippen LogP contribution in [0.5, 0.6) is 11.5 Å². The molecule has 0 saturated heterocycles. The Morgan fingerprint density at radius 1 is 0.808 bits per heavy atom. The number of benzene rings is 3. The monoisotopic (exact) mass is 343 g/mol. The fourth-order valence-electron chi connectivity index (χ4n) is 2.31. The van der Waals surface area contributed by atoms with E-state index < -0.39 is 0 Å². The molecule has 0 aliphatic heterocycles. The van der Waals surface area contributed by atoms with Crippen LogP contribution in [0.3, 0.4) is 0 Å². The molecule has 3 aromatic rings. The maximum atomic E-state index is 5.99. The Morgan fingerprint density at radius 3 is 2.15 bits per heavy atom. The molecule has 0 amide bonds. The van der Waals surface area contributed by atoms with Crippen molar-refractivity contribution < 1.29 is 9.47 Å². The normalized spacial score (nSPS) is 11.9. The first kappa shape index (κ1) is 17.5. The number of hydrogen-bond acceptors (Lipinski definition) is 3. The molecule has 0 aromatic heterocycles. The maximum Gasteiger partial charge on any atom is 0.225 e. The highest BCUT2D eigenvalue weighted by Crippen LogP contribution is 2.18. The number of aliphatic imine (C=N–C) groups is 1. The standard InChI is InChI=1S/C23H21NO2/c1-18-10-9-15-22(16-18)25-17-19(2)23(24-20-11-5-3-6-12-20)26-21-13-7-4-8-14-21/h3-17H,1-2H3/b19-17+,24-23?. The molecule has 0 aliphatic carbocycles. The molecular formula is C23H21NO2. The molecule has 3 nitrogen and oxygen atoms in total. The second-order valence-electron chi connectivity index (χ2n) is 5.90. The molecule has 0 spiro atoms. The minimum atomic E-state index is 0.495. The number of aryl methyl sites for hydroxylation is 1. The Bertz CT molecular complexity index is 900. The van der Waals surface area contributed by atoms with Gasteiger partial charge in [-0.2, -0.15) is 0 Å². The quantitative estimate of drug-likeness (QED) is 0.319. The molecule has 3 heteroatoms. The summed E-state index contributed by atoms with van der Waals surface area (Å²) >= 11 is 0. The number of rotatable bonds is 5. The van der Waals surface area contributed by atoms with E-state index in [0.29, 0.717) is 5.90 Å². The summed E-state index contributed by atoms with van der Waals surface area (Å²) in [5, 5.41) is 0. The largest absolute Gasteiger partial charge is 0.465 e. The van der Waals surface area contributed by atoms with Gasteiger partial charge in [-0.15, -0.1) is 0 Å². The Kier molecular flexibility index (Phi) is 5.84. The second-order valence-corrected chi connectivity index (χ2v) is 5.90. The van der Waals surface area contributed by atoms with E-state index in [0.717, 1.165) is 28.3 Å². The molecule has 0 fully saturated rings. The first-order valence-electron chi connectivity index (χ1n) is 8.48. The summed E-state index contributed by atoms with van der Waals surface area (Å²) in [5.41, 5.74) is 2.76. The van der Waals surface area contributed by atoms with E-state index in [2.05, 4.69) is 4.99 Å². The summed E-state index contributed by atoms with van der Waals surface area (Å²) in [4.78, 5) is 4.63. The van der Waals surface area contributed by atoms with Crippen LogP contribution < -0.4 is 9.47 Å². The third-order valence-electron chi connectivity index (χ3n) is 3.64. The maximum absolute atomic E-state index is 5.99. The third-order valence-corrected chi connectivity index (χ3v) is 3.64. The summed E-state index contributed by atoms with van der Waals surface area (Å²) in [6, 6.07) is 27.2. The van der Waals surface area contributed by atoms with Crippen molar-refractivity contribution in [3.8, 4) is 11.5 Å². The van der Waals surface area contributed by atoms with Crippen LogP contribution in [0.25, 0.3) is 0 Å². The van der Waals surface area contributed by atoms with Crippen LogP contribution in [-0.2, 0) is 0 Å². The van der Waals surface area contributed by atoms with Crippen molar-refractivity contribution in [3.63, 3.8) is 0 Å². The van der Waals surface area contributed by atoms with Gasteiger partial charge in [0.25, 0.3) is 0 Å². The smallest absolute Gasteiger partial charge is 0.225 e. The predicted molar refractivity (Wildman–Crippen MR) is 106 cm³/mol. The zero-order chi connectivity index (χ0) is 18.2. The van der Waals surface area contributed by atoms with Crippen molar-refractivity contribution in [2.75, 3.05) is 0 Å². The molecule has 3 aromatic carbocycles. The number of hydrogen-bond donors (Lipinski definition) is 0. The van der Waals surface area contributed by atoms with Gasteiger partial charge >= 0.3 is 0 Å². The molecule has 0 heterocycles. The summed E-state index contributed by atoms with van der Waals surface area (Å²) in [6.45, 7) is 3.95. The Hall–Kier alpha value is -3.33. The molecule has 3 rings (SSSR count). The molecule has 0 bridgehead atoms. The third kappa shape index (κ3) is 5.08. The van der Waals surface area contributed by atoms with Crippen LogP contribution in [0.4, 0.5) is 5.69 Å². The second kappa shape index (κ2) is 8.67. The predicted octanol–water partition coefficient (Wildman–Crippen LogP) is 6.09. The highest BCUT2D eigenvalue weighted by Gasteiger charge is 2.07. The van der Waals surface area contributed by atoms with E-state index in [1.165, 1.54) is 0 Å². The molecule has 130 valence electrons. The van der Waals surface area contributed by atoms with Crippen molar-refractivity contribution in [2.45, 2.75) is 13.8 Å². The van der Waals surface area contributed by atoms with E-state index in [4.69, 9.17) is 9.47 Å². The van der Waals surface area contributed by atoms with Crippen LogP contribution in [-0.4, -0.2) is 5.90 Å². The molecule has 0 aliphatic rings. The van der Waals surface area contributed by atoms with Crippen molar-refractivity contribution in [1.82, 2.24) is 0 Å². The minimum absolute atomic E-state index is 0.495. The van der Waals surface area contributed by atoms with Gasteiger partial charge < -0.3 is 9.47 Å². The van der Waals surface area contributed by atoms with Crippen molar-refractivity contribution >= 4 is 11.6 Å². The van der Waals surface area contributed by atoms with Gasteiger partial charge in [0.2, 0.25) is 5.90 Å². The van der Waals surface area contributed by atoms with Gasteiger partial charge in [-0.25, -0.2) is 4.99 Å². The molecular weight excluding hydrogens is 322 g/mol. The van der Waals surface area contributed by atoms with Gasteiger partial charge in [0.1, 0.15) is 11.5 Å². The van der Waals surface area contributed by atoms with Gasteiger partial charge in [-0.05, 0) is 55.8 Å². The lowest BCUT2D eigenvalue weighted by molar-refractivity contribution is 0.473. The molecule has 0 unspecified atom stereocenters. The molecule has 0 radical (unpaired) electrons. The summed E-state index contributed by atoms with van der Waals surface area (Å²) in [5.74, 6) is 2.00. The highest BCUT2D eigenvalue weighted by molar-refractivity contribution is 5.96. The first-order valence-corrected chi connectivity index (χ1v) is 8.48. The van der Waals surface area contributed by atoms with Crippen molar-refractivity contribution in [3.05, 3.63) is 102 Å². The van der Waals surface area contributed by atoms with Crippen LogP contribution >= 0.6 is 0 Å². The molecule has 0 saturated carbocycles. The van der Waals surface area contributed by atoms with E-state index in [9.17, 15) is 0 Å². The number of ether oxygens (including phenoxy) is 2. The average molecular weight is 343 g/mol.